The summed E-state index contributed by atoms with van der Waals surface area (Å²) in [5.41, 5.74) is 1.03. The maximum absolute atomic E-state index is 13.1. The van der Waals surface area contributed by atoms with Crippen LogP contribution in [0, 0.1) is 23.7 Å². The second-order valence-corrected chi connectivity index (χ2v) is 10.1. The van der Waals surface area contributed by atoms with Gasteiger partial charge in [-0.3, -0.25) is 19.3 Å². The van der Waals surface area contributed by atoms with Gasteiger partial charge in [0.2, 0.25) is 11.8 Å². The van der Waals surface area contributed by atoms with E-state index in [9.17, 15) is 19.2 Å². The van der Waals surface area contributed by atoms with Gasteiger partial charge in [0, 0.05) is 0 Å². The Morgan fingerprint density at radius 3 is 2.19 bits per heavy atom. The summed E-state index contributed by atoms with van der Waals surface area (Å²) >= 11 is 12.8. The molecule has 2 aromatic rings. The van der Waals surface area contributed by atoms with Crippen LogP contribution in [0.25, 0.3) is 0 Å². The second kappa shape index (κ2) is 9.75. The van der Waals surface area contributed by atoms with Crippen LogP contribution in [0.5, 0.6) is 5.75 Å². The Balaban J connectivity index is 1.20. The second-order valence-electron chi connectivity index (χ2n) is 9.12. The Bertz CT molecular complexity index is 1190. The number of anilines is 2. The van der Waals surface area contributed by atoms with E-state index in [1.54, 1.807) is 24.3 Å². The fraction of sp³-hybridized carbons (Fsp3) is 0.385. The summed E-state index contributed by atoms with van der Waals surface area (Å²) in [4.78, 5) is 52.1. The van der Waals surface area contributed by atoms with Crippen LogP contribution >= 0.6 is 23.2 Å². The number of hydrogen-bond donors (Lipinski definition) is 1. The van der Waals surface area contributed by atoms with Crippen molar-refractivity contribution in [2.24, 2.45) is 23.7 Å². The van der Waals surface area contributed by atoms with E-state index in [4.69, 9.17) is 32.7 Å². The lowest BCUT2D eigenvalue weighted by atomic mass is 9.80. The Kier molecular flexibility index (Phi) is 6.66. The average Bonchev–Trinajstić information content (AvgIpc) is 3.49. The summed E-state index contributed by atoms with van der Waals surface area (Å²) in [7, 11) is 0. The summed E-state index contributed by atoms with van der Waals surface area (Å²) in [5, 5.41) is 2.01. The van der Waals surface area contributed by atoms with Gasteiger partial charge in [0.1, 0.15) is 5.75 Å². The van der Waals surface area contributed by atoms with Crippen molar-refractivity contribution in [3.05, 3.63) is 54.1 Å². The van der Waals surface area contributed by atoms with Crippen molar-refractivity contribution in [2.75, 3.05) is 23.4 Å². The molecule has 2 aromatic carbocycles. The molecule has 2 bridgehead atoms. The van der Waals surface area contributed by atoms with E-state index >= 15 is 0 Å². The highest BCUT2D eigenvalue weighted by molar-refractivity contribution is 6.32. The molecular formula is C26H24Cl2N2O6. The molecule has 1 saturated heterocycles. The molecule has 3 aliphatic rings. The van der Waals surface area contributed by atoms with Crippen LogP contribution in [0.3, 0.4) is 0 Å². The summed E-state index contributed by atoms with van der Waals surface area (Å²) in [5.74, 6) is -2.36. The Morgan fingerprint density at radius 1 is 0.972 bits per heavy atom. The molecule has 1 aliphatic heterocycles. The lowest BCUT2D eigenvalue weighted by molar-refractivity contribution is -0.123. The number of amides is 3. The van der Waals surface area contributed by atoms with E-state index in [2.05, 4.69) is 5.32 Å². The highest BCUT2D eigenvalue weighted by Gasteiger charge is 2.66. The SMILES string of the molecule is CCOc1ccccc1NC(=O)COC(=O)c1ccc(N2C(=O)[C@@H]3[C@H]4C[C@@H]([C@H](Cl)[C@@H]4Cl)[C@@H]3C2=O)cc1. The first-order valence-electron chi connectivity index (χ1n) is 11.8. The molecule has 2 aliphatic carbocycles. The van der Waals surface area contributed by atoms with E-state index in [1.165, 1.54) is 29.2 Å². The molecule has 3 fully saturated rings. The van der Waals surface area contributed by atoms with Crippen molar-refractivity contribution < 1.29 is 28.7 Å². The fourth-order valence-corrected chi connectivity index (χ4v) is 6.49. The molecule has 2 saturated carbocycles. The van der Waals surface area contributed by atoms with E-state index in [0.717, 1.165) is 0 Å². The predicted molar refractivity (Wildman–Crippen MR) is 133 cm³/mol. The number of ether oxygens (including phenoxy) is 2. The van der Waals surface area contributed by atoms with Crippen molar-refractivity contribution in [1.82, 2.24) is 0 Å². The number of imide groups is 1. The van der Waals surface area contributed by atoms with E-state index in [-0.39, 0.29) is 40.0 Å². The van der Waals surface area contributed by atoms with Crippen molar-refractivity contribution in [3.63, 3.8) is 0 Å². The molecule has 0 spiro atoms. The first-order chi connectivity index (χ1) is 17.3. The Hall–Kier alpha value is -3.10. The number of fused-ring (bicyclic) bond motifs is 5. The van der Waals surface area contributed by atoms with Crippen LogP contribution in [0.1, 0.15) is 23.7 Å². The number of halogens is 2. The molecule has 3 amide bonds. The van der Waals surface area contributed by atoms with Crippen molar-refractivity contribution in [2.45, 2.75) is 24.1 Å². The highest BCUT2D eigenvalue weighted by Crippen LogP contribution is 2.59. The van der Waals surface area contributed by atoms with Gasteiger partial charge < -0.3 is 14.8 Å². The van der Waals surface area contributed by atoms with Gasteiger partial charge in [-0.1, -0.05) is 12.1 Å². The number of alkyl halides is 2. The fourth-order valence-electron chi connectivity index (χ4n) is 5.60. The zero-order valence-electron chi connectivity index (χ0n) is 19.4. The number of nitrogens with zero attached hydrogens (tertiary/aromatic N) is 1. The third kappa shape index (κ3) is 4.12. The van der Waals surface area contributed by atoms with Crippen molar-refractivity contribution >= 4 is 58.3 Å². The molecule has 0 radical (unpaired) electrons. The number of carbonyl (C=O) groups excluding carboxylic acids is 4. The zero-order chi connectivity index (χ0) is 25.6. The first kappa shape index (κ1) is 24.6. The van der Waals surface area contributed by atoms with E-state index in [1.807, 2.05) is 6.92 Å². The van der Waals surface area contributed by atoms with Gasteiger partial charge in [0.25, 0.3) is 5.91 Å². The molecule has 0 unspecified atom stereocenters. The van der Waals surface area contributed by atoms with Gasteiger partial charge in [0.15, 0.2) is 6.61 Å². The Labute approximate surface area is 217 Å². The minimum atomic E-state index is -0.709. The van der Waals surface area contributed by atoms with Gasteiger partial charge in [-0.25, -0.2) is 4.79 Å². The van der Waals surface area contributed by atoms with Gasteiger partial charge in [0.05, 0.1) is 46.1 Å². The molecular weight excluding hydrogens is 507 g/mol. The van der Waals surface area contributed by atoms with Crippen LogP contribution in [0.2, 0.25) is 0 Å². The maximum atomic E-state index is 13.1. The minimum absolute atomic E-state index is 0.105. The minimum Gasteiger partial charge on any atom is -0.492 e. The quantitative estimate of drug-likeness (QED) is 0.331. The van der Waals surface area contributed by atoms with Gasteiger partial charge in [-0.2, -0.15) is 0 Å². The molecule has 5 rings (SSSR count). The lowest BCUT2D eigenvalue weighted by Crippen LogP contribution is -2.37. The monoisotopic (exact) mass is 530 g/mol. The number of benzene rings is 2. The third-order valence-corrected chi connectivity index (χ3v) is 8.46. The van der Waals surface area contributed by atoms with Gasteiger partial charge >= 0.3 is 5.97 Å². The van der Waals surface area contributed by atoms with Crippen molar-refractivity contribution in [3.8, 4) is 5.75 Å². The molecule has 188 valence electrons. The molecule has 8 nitrogen and oxygen atoms in total. The lowest BCUT2D eigenvalue weighted by Gasteiger charge is -2.28. The topological polar surface area (TPSA) is 102 Å². The number of para-hydroxylation sites is 2. The number of carbonyl (C=O) groups is 4. The maximum Gasteiger partial charge on any atom is 0.338 e. The molecule has 1 N–H and O–H groups in total. The van der Waals surface area contributed by atoms with Crippen LogP contribution < -0.4 is 15.0 Å². The van der Waals surface area contributed by atoms with Crippen LogP contribution in [0.15, 0.2) is 48.5 Å². The standard InChI is InChI=1S/C26H24Cl2N2O6/c1-2-35-18-6-4-3-5-17(18)29-19(31)12-36-26(34)13-7-9-14(10-8-13)30-24(32)20-15-11-16(21(20)25(30)33)23(28)22(15)27/h3-10,15-16,20-23H,2,11-12H2,1H3,(H,29,31)/t15-,16-,20-,21+,22-,23+/m1/s1. The zero-order valence-corrected chi connectivity index (χ0v) is 20.9. The summed E-state index contributed by atoms with van der Waals surface area (Å²) in [6.45, 7) is 1.78. The Morgan fingerprint density at radius 2 is 1.58 bits per heavy atom. The predicted octanol–water partition coefficient (Wildman–Crippen LogP) is 3.85. The molecule has 0 aromatic heterocycles. The van der Waals surface area contributed by atoms with E-state index in [0.29, 0.717) is 30.2 Å². The smallest absolute Gasteiger partial charge is 0.338 e. The van der Waals surface area contributed by atoms with Crippen LogP contribution in [-0.4, -0.2) is 47.7 Å². The van der Waals surface area contributed by atoms with Gasteiger partial charge in [-0.05, 0) is 61.6 Å². The summed E-state index contributed by atoms with van der Waals surface area (Å²) in [6, 6.07) is 12.9. The van der Waals surface area contributed by atoms with E-state index < -0.39 is 30.3 Å². The van der Waals surface area contributed by atoms with Crippen molar-refractivity contribution in [1.29, 1.82) is 0 Å². The van der Waals surface area contributed by atoms with Gasteiger partial charge in [-0.15, -0.1) is 23.2 Å². The molecule has 6 atom stereocenters. The van der Waals surface area contributed by atoms with Crippen LogP contribution in [0.4, 0.5) is 11.4 Å². The first-order valence-corrected chi connectivity index (χ1v) is 12.6. The molecule has 1 heterocycles. The highest BCUT2D eigenvalue weighted by atomic mass is 35.5. The third-order valence-electron chi connectivity index (χ3n) is 7.14. The summed E-state index contributed by atoms with van der Waals surface area (Å²) in [6.07, 6.45) is 0.693. The largest absolute Gasteiger partial charge is 0.492 e. The normalized spacial score (nSPS) is 28.2. The van der Waals surface area contributed by atoms with Crippen LogP contribution in [-0.2, 0) is 19.1 Å². The number of hydrogen-bond acceptors (Lipinski definition) is 6. The molecule has 10 heteroatoms. The summed E-state index contributed by atoms with van der Waals surface area (Å²) < 4.78 is 10.6. The average molecular weight is 531 g/mol. The number of rotatable bonds is 7. The number of esters is 1. The molecule has 36 heavy (non-hydrogen) atoms. The number of nitrogens with one attached hydrogen (secondary N) is 1.